The fraction of sp³-hybridized carbons (Fsp3) is 0.286. The molecule has 18 heavy (non-hydrogen) atoms. The van der Waals surface area contributed by atoms with Crippen molar-refractivity contribution in [2.75, 3.05) is 14.2 Å². The first-order chi connectivity index (χ1) is 8.77. The Kier molecular flexibility index (Phi) is 4.58. The summed E-state index contributed by atoms with van der Waals surface area (Å²) in [6, 6.07) is 12.0. The average molecular weight is 310 g/mol. The molecule has 0 spiro atoms. The van der Waals surface area contributed by atoms with Gasteiger partial charge in [-0.15, -0.1) is 0 Å². The van der Waals surface area contributed by atoms with Crippen molar-refractivity contribution in [1.82, 2.24) is 5.32 Å². The maximum absolute atomic E-state index is 5.62. The van der Waals surface area contributed by atoms with Gasteiger partial charge < -0.3 is 14.5 Å². The molecule has 0 saturated carbocycles. The van der Waals surface area contributed by atoms with Crippen LogP contribution in [-0.4, -0.2) is 14.2 Å². The minimum Gasteiger partial charge on any atom is -0.466 e. The predicted molar refractivity (Wildman–Crippen MR) is 74.4 cm³/mol. The molecule has 2 aromatic rings. The second kappa shape index (κ2) is 6.18. The Morgan fingerprint density at radius 1 is 1.22 bits per heavy atom. The summed E-state index contributed by atoms with van der Waals surface area (Å²) in [6.45, 7) is 0. The van der Waals surface area contributed by atoms with Crippen LogP contribution in [0.5, 0.6) is 0 Å². The molecule has 1 heterocycles. The smallest absolute Gasteiger partial charge is 0.137 e. The number of methoxy groups -OCH3 is 1. The van der Waals surface area contributed by atoms with Gasteiger partial charge in [-0.1, -0.05) is 30.3 Å². The third-order valence-corrected chi connectivity index (χ3v) is 3.58. The molecule has 1 aromatic carbocycles. The second-order valence-electron chi connectivity index (χ2n) is 3.97. The van der Waals surface area contributed by atoms with E-state index in [9.17, 15) is 0 Å². The zero-order valence-corrected chi connectivity index (χ0v) is 12.0. The highest BCUT2D eigenvalue weighted by atomic mass is 79.9. The van der Waals surface area contributed by atoms with Crippen molar-refractivity contribution in [3.63, 3.8) is 0 Å². The molecule has 0 aliphatic heterocycles. The monoisotopic (exact) mass is 309 g/mol. The number of hydrogen-bond donors (Lipinski definition) is 1. The van der Waals surface area contributed by atoms with Crippen LogP contribution in [0.4, 0.5) is 0 Å². The van der Waals surface area contributed by atoms with E-state index in [0.717, 1.165) is 15.8 Å². The Morgan fingerprint density at radius 2 is 1.94 bits per heavy atom. The number of hydrogen-bond acceptors (Lipinski definition) is 3. The van der Waals surface area contributed by atoms with Crippen LogP contribution in [0.1, 0.15) is 23.5 Å². The van der Waals surface area contributed by atoms with E-state index in [-0.39, 0.29) is 12.1 Å². The standard InChI is InChI=1S/C14H16BrNO2/c1-16-12(14-11(15)8-9-18-14)13(17-2)10-6-4-3-5-7-10/h3-9,12-13,16H,1-2H3. The van der Waals surface area contributed by atoms with E-state index in [1.54, 1.807) is 13.4 Å². The van der Waals surface area contributed by atoms with Gasteiger partial charge in [-0.25, -0.2) is 0 Å². The summed E-state index contributed by atoms with van der Waals surface area (Å²) in [5.41, 5.74) is 1.11. The Morgan fingerprint density at radius 3 is 2.44 bits per heavy atom. The first kappa shape index (κ1) is 13.3. The minimum absolute atomic E-state index is 0.0400. The zero-order valence-electron chi connectivity index (χ0n) is 10.4. The van der Waals surface area contributed by atoms with Crippen LogP contribution in [0, 0.1) is 0 Å². The van der Waals surface area contributed by atoms with E-state index >= 15 is 0 Å². The molecule has 0 aliphatic carbocycles. The van der Waals surface area contributed by atoms with Crippen LogP contribution in [0.25, 0.3) is 0 Å². The summed E-state index contributed by atoms with van der Waals surface area (Å²) >= 11 is 3.49. The molecule has 1 aromatic heterocycles. The molecule has 2 rings (SSSR count). The van der Waals surface area contributed by atoms with Gasteiger partial charge in [0.05, 0.1) is 16.8 Å². The average Bonchev–Trinajstić information content (AvgIpc) is 2.83. The van der Waals surface area contributed by atoms with Crippen molar-refractivity contribution in [2.45, 2.75) is 12.1 Å². The molecule has 3 nitrogen and oxygen atoms in total. The molecule has 1 N–H and O–H groups in total. The molecule has 4 heteroatoms. The normalized spacial score (nSPS) is 14.4. The first-order valence-electron chi connectivity index (χ1n) is 5.75. The third kappa shape index (κ3) is 2.66. The molecule has 0 bridgehead atoms. The van der Waals surface area contributed by atoms with Crippen LogP contribution >= 0.6 is 15.9 Å². The van der Waals surface area contributed by atoms with Gasteiger partial charge in [0.1, 0.15) is 11.9 Å². The lowest BCUT2D eigenvalue weighted by atomic mass is 10.0. The Balaban J connectivity index is 2.34. The number of rotatable bonds is 5. The highest BCUT2D eigenvalue weighted by Gasteiger charge is 2.27. The lowest BCUT2D eigenvalue weighted by Gasteiger charge is -2.24. The van der Waals surface area contributed by atoms with E-state index in [0.29, 0.717) is 0 Å². The van der Waals surface area contributed by atoms with E-state index in [2.05, 4.69) is 33.4 Å². The van der Waals surface area contributed by atoms with Crippen LogP contribution in [0.15, 0.2) is 51.6 Å². The topological polar surface area (TPSA) is 34.4 Å². The van der Waals surface area contributed by atoms with Gasteiger partial charge in [0.15, 0.2) is 0 Å². The maximum Gasteiger partial charge on any atom is 0.137 e. The largest absolute Gasteiger partial charge is 0.466 e. The van der Waals surface area contributed by atoms with Gasteiger partial charge in [-0.3, -0.25) is 0 Å². The zero-order chi connectivity index (χ0) is 13.0. The predicted octanol–water partition coefficient (Wildman–Crippen LogP) is 3.69. The molecule has 2 atom stereocenters. The molecule has 0 fully saturated rings. The number of ether oxygens (including phenoxy) is 1. The van der Waals surface area contributed by atoms with Gasteiger partial charge in [-0.2, -0.15) is 0 Å². The summed E-state index contributed by atoms with van der Waals surface area (Å²) in [4.78, 5) is 0. The minimum atomic E-state index is -0.0985. The van der Waals surface area contributed by atoms with Gasteiger partial charge in [0.2, 0.25) is 0 Å². The second-order valence-corrected chi connectivity index (χ2v) is 4.82. The van der Waals surface area contributed by atoms with Crippen molar-refractivity contribution in [3.05, 3.63) is 58.5 Å². The first-order valence-corrected chi connectivity index (χ1v) is 6.55. The highest BCUT2D eigenvalue weighted by molar-refractivity contribution is 9.10. The number of likely N-dealkylation sites (N-methyl/N-ethyl adjacent to an activating group) is 1. The quantitative estimate of drug-likeness (QED) is 0.914. The van der Waals surface area contributed by atoms with Crippen molar-refractivity contribution in [3.8, 4) is 0 Å². The number of nitrogens with one attached hydrogen (secondary N) is 1. The number of furan rings is 1. The van der Waals surface area contributed by atoms with Crippen LogP contribution in [0.3, 0.4) is 0 Å². The lowest BCUT2D eigenvalue weighted by molar-refractivity contribution is 0.0626. The van der Waals surface area contributed by atoms with Crippen molar-refractivity contribution >= 4 is 15.9 Å². The molecule has 0 aliphatic rings. The van der Waals surface area contributed by atoms with E-state index in [4.69, 9.17) is 9.15 Å². The van der Waals surface area contributed by atoms with Crippen molar-refractivity contribution < 1.29 is 9.15 Å². The molecule has 0 radical (unpaired) electrons. The number of benzene rings is 1. The Hall–Kier alpha value is -1.10. The van der Waals surface area contributed by atoms with Gasteiger partial charge in [0, 0.05) is 7.11 Å². The summed E-state index contributed by atoms with van der Waals surface area (Å²) in [5.74, 6) is 0.841. The fourth-order valence-electron chi connectivity index (χ4n) is 2.05. The van der Waals surface area contributed by atoms with Crippen LogP contribution < -0.4 is 5.32 Å². The Bertz CT molecular complexity index is 484. The van der Waals surface area contributed by atoms with Crippen molar-refractivity contribution in [2.24, 2.45) is 0 Å². The van der Waals surface area contributed by atoms with Gasteiger partial charge in [0.25, 0.3) is 0 Å². The van der Waals surface area contributed by atoms with Gasteiger partial charge >= 0.3 is 0 Å². The maximum atomic E-state index is 5.62. The van der Waals surface area contributed by atoms with Gasteiger partial charge in [-0.05, 0) is 34.6 Å². The molecule has 0 saturated heterocycles. The summed E-state index contributed by atoms with van der Waals surface area (Å²) in [7, 11) is 3.60. The third-order valence-electron chi connectivity index (χ3n) is 2.92. The van der Waals surface area contributed by atoms with Crippen LogP contribution in [0.2, 0.25) is 0 Å². The summed E-state index contributed by atoms with van der Waals surface area (Å²) in [5, 5.41) is 3.25. The summed E-state index contributed by atoms with van der Waals surface area (Å²) < 4.78 is 12.1. The molecule has 2 unspecified atom stereocenters. The lowest BCUT2D eigenvalue weighted by Crippen LogP contribution is -2.25. The van der Waals surface area contributed by atoms with E-state index in [1.165, 1.54) is 0 Å². The number of halogens is 1. The molecular formula is C14H16BrNO2. The molecule has 0 amide bonds. The fourth-order valence-corrected chi connectivity index (χ4v) is 2.50. The van der Waals surface area contributed by atoms with E-state index in [1.807, 2.05) is 31.3 Å². The molecular weight excluding hydrogens is 294 g/mol. The Labute approximate surface area is 115 Å². The van der Waals surface area contributed by atoms with Crippen LogP contribution in [-0.2, 0) is 4.74 Å². The van der Waals surface area contributed by atoms with E-state index < -0.39 is 0 Å². The SMILES string of the molecule is CNC(c1occc1Br)C(OC)c1ccccc1. The highest BCUT2D eigenvalue weighted by Crippen LogP contribution is 2.35. The van der Waals surface area contributed by atoms with Crippen molar-refractivity contribution in [1.29, 1.82) is 0 Å². The molecule has 96 valence electrons. The summed E-state index contributed by atoms with van der Waals surface area (Å²) in [6.07, 6.45) is 1.57.